The van der Waals surface area contributed by atoms with E-state index in [-0.39, 0.29) is 16.6 Å². The molecule has 0 spiro atoms. The molecular formula is C18H17FN2OS. The van der Waals surface area contributed by atoms with Crippen molar-refractivity contribution in [3.63, 3.8) is 0 Å². The van der Waals surface area contributed by atoms with E-state index in [9.17, 15) is 9.18 Å². The molecule has 0 saturated heterocycles. The minimum absolute atomic E-state index is 0.0214. The Morgan fingerprint density at radius 3 is 2.57 bits per heavy atom. The molecule has 0 unspecified atom stereocenters. The molecule has 5 heteroatoms. The quantitative estimate of drug-likeness (QED) is 0.526. The highest BCUT2D eigenvalue weighted by molar-refractivity contribution is 7.99. The highest BCUT2D eigenvalue weighted by atomic mass is 32.2. The Labute approximate surface area is 138 Å². The van der Waals surface area contributed by atoms with Crippen LogP contribution in [0.2, 0.25) is 0 Å². The number of rotatable bonds is 4. The van der Waals surface area contributed by atoms with Gasteiger partial charge in [-0.15, -0.1) is 0 Å². The van der Waals surface area contributed by atoms with E-state index in [1.54, 1.807) is 22.8 Å². The van der Waals surface area contributed by atoms with Crippen molar-refractivity contribution in [3.05, 3.63) is 70.3 Å². The maximum absolute atomic E-state index is 13.1. The Bertz CT molecular complexity index is 890. The smallest absolute Gasteiger partial charge is 0.262 e. The lowest BCUT2D eigenvalue weighted by molar-refractivity contribution is 0.626. The van der Waals surface area contributed by atoms with Crippen molar-refractivity contribution in [1.82, 2.24) is 9.55 Å². The van der Waals surface area contributed by atoms with Crippen LogP contribution in [0.25, 0.3) is 10.9 Å². The normalized spacial score (nSPS) is 12.5. The fourth-order valence-corrected chi connectivity index (χ4v) is 3.58. The largest absolute Gasteiger partial charge is 0.287 e. The molecule has 118 valence electrons. The van der Waals surface area contributed by atoms with Crippen molar-refractivity contribution in [2.24, 2.45) is 0 Å². The molecule has 0 bridgehead atoms. The van der Waals surface area contributed by atoms with Crippen molar-refractivity contribution >= 4 is 22.7 Å². The number of hydrogen-bond acceptors (Lipinski definition) is 3. The number of nitrogens with zero attached hydrogens (tertiary/aromatic N) is 2. The van der Waals surface area contributed by atoms with Crippen molar-refractivity contribution in [1.29, 1.82) is 0 Å². The monoisotopic (exact) mass is 328 g/mol. The average molecular weight is 328 g/mol. The summed E-state index contributed by atoms with van der Waals surface area (Å²) in [5, 5.41) is 1.39. The van der Waals surface area contributed by atoms with Gasteiger partial charge >= 0.3 is 0 Å². The Balaban J connectivity index is 2.02. The van der Waals surface area contributed by atoms with Gasteiger partial charge < -0.3 is 0 Å². The van der Waals surface area contributed by atoms with Crippen LogP contribution in [-0.4, -0.2) is 9.55 Å². The van der Waals surface area contributed by atoms with Gasteiger partial charge in [0.15, 0.2) is 5.16 Å². The van der Waals surface area contributed by atoms with Crippen molar-refractivity contribution < 1.29 is 4.39 Å². The molecule has 0 N–H and O–H groups in total. The first kappa shape index (κ1) is 15.7. The van der Waals surface area contributed by atoms with Crippen LogP contribution in [0.15, 0.2) is 58.5 Å². The van der Waals surface area contributed by atoms with E-state index in [0.29, 0.717) is 22.6 Å². The third-order valence-corrected chi connectivity index (χ3v) is 4.91. The summed E-state index contributed by atoms with van der Waals surface area (Å²) in [6, 6.07) is 13.8. The summed E-state index contributed by atoms with van der Waals surface area (Å²) in [5.74, 6) is -0.250. The zero-order valence-electron chi connectivity index (χ0n) is 13.0. The zero-order valence-corrected chi connectivity index (χ0v) is 13.8. The Morgan fingerprint density at radius 1 is 1.17 bits per heavy atom. The predicted molar refractivity (Wildman–Crippen MR) is 92.3 cm³/mol. The van der Waals surface area contributed by atoms with Gasteiger partial charge in [-0.25, -0.2) is 9.37 Å². The van der Waals surface area contributed by atoms with Crippen LogP contribution in [0.3, 0.4) is 0 Å². The van der Waals surface area contributed by atoms with Crippen LogP contribution in [0.1, 0.15) is 24.7 Å². The van der Waals surface area contributed by atoms with Gasteiger partial charge in [0.1, 0.15) is 5.82 Å². The van der Waals surface area contributed by atoms with Gasteiger partial charge in [0.05, 0.1) is 10.9 Å². The summed E-state index contributed by atoms with van der Waals surface area (Å²) < 4.78 is 14.7. The number of aromatic nitrogens is 2. The van der Waals surface area contributed by atoms with Crippen LogP contribution in [0.5, 0.6) is 0 Å². The van der Waals surface area contributed by atoms with Gasteiger partial charge in [-0.05, 0) is 43.7 Å². The SMILES string of the molecule is CCn1c(S[C@@H](C)c2ccc(F)cc2)nc2ccccc2c1=O. The van der Waals surface area contributed by atoms with Crippen LogP contribution < -0.4 is 5.56 Å². The zero-order chi connectivity index (χ0) is 16.4. The second kappa shape index (κ2) is 6.54. The minimum atomic E-state index is -0.250. The number of fused-ring (bicyclic) bond motifs is 1. The first-order valence-electron chi connectivity index (χ1n) is 7.52. The highest BCUT2D eigenvalue weighted by Gasteiger charge is 2.14. The van der Waals surface area contributed by atoms with E-state index < -0.39 is 0 Å². The van der Waals surface area contributed by atoms with E-state index in [1.807, 2.05) is 32.0 Å². The summed E-state index contributed by atoms with van der Waals surface area (Å²) >= 11 is 1.51. The lowest BCUT2D eigenvalue weighted by atomic mass is 10.2. The molecule has 3 rings (SSSR count). The molecule has 3 nitrogen and oxygen atoms in total. The Morgan fingerprint density at radius 2 is 1.87 bits per heavy atom. The maximum atomic E-state index is 13.1. The molecule has 1 atom stereocenters. The van der Waals surface area contributed by atoms with Gasteiger partial charge in [-0.1, -0.05) is 36.0 Å². The fourth-order valence-electron chi connectivity index (χ4n) is 2.48. The predicted octanol–water partition coefficient (Wildman–Crippen LogP) is 4.41. The third kappa shape index (κ3) is 3.15. The van der Waals surface area contributed by atoms with Crippen LogP contribution >= 0.6 is 11.8 Å². The van der Waals surface area contributed by atoms with Gasteiger partial charge in [-0.2, -0.15) is 0 Å². The maximum Gasteiger partial charge on any atom is 0.262 e. The summed E-state index contributed by atoms with van der Waals surface area (Å²) in [4.78, 5) is 17.2. The minimum Gasteiger partial charge on any atom is -0.287 e. The van der Waals surface area contributed by atoms with Crippen molar-refractivity contribution in [3.8, 4) is 0 Å². The second-order valence-corrected chi connectivity index (χ2v) is 6.58. The topological polar surface area (TPSA) is 34.9 Å². The average Bonchev–Trinajstić information content (AvgIpc) is 2.56. The van der Waals surface area contributed by atoms with Crippen LogP contribution in [0.4, 0.5) is 4.39 Å². The Hall–Kier alpha value is -2.14. The number of para-hydroxylation sites is 1. The van der Waals surface area contributed by atoms with E-state index in [1.165, 1.54) is 23.9 Å². The summed E-state index contributed by atoms with van der Waals surface area (Å²) in [7, 11) is 0. The van der Waals surface area contributed by atoms with Gasteiger partial charge in [0, 0.05) is 11.8 Å². The van der Waals surface area contributed by atoms with E-state index in [4.69, 9.17) is 0 Å². The van der Waals surface area contributed by atoms with Gasteiger partial charge in [0.25, 0.3) is 5.56 Å². The molecule has 0 aliphatic rings. The molecule has 0 fully saturated rings. The molecule has 0 aliphatic heterocycles. The van der Waals surface area contributed by atoms with E-state index in [2.05, 4.69) is 4.98 Å². The van der Waals surface area contributed by atoms with E-state index in [0.717, 1.165) is 5.56 Å². The van der Waals surface area contributed by atoms with Crippen molar-refractivity contribution in [2.45, 2.75) is 30.8 Å². The molecular weight excluding hydrogens is 311 g/mol. The van der Waals surface area contributed by atoms with Gasteiger partial charge in [0.2, 0.25) is 0 Å². The second-order valence-electron chi connectivity index (χ2n) is 5.27. The summed E-state index contributed by atoms with van der Waals surface area (Å²) in [6.07, 6.45) is 0. The number of benzene rings is 2. The lowest BCUT2D eigenvalue weighted by Crippen LogP contribution is -2.22. The Kier molecular flexibility index (Phi) is 4.48. The number of halogens is 1. The highest BCUT2D eigenvalue weighted by Crippen LogP contribution is 2.33. The lowest BCUT2D eigenvalue weighted by Gasteiger charge is -2.15. The molecule has 0 radical (unpaired) electrons. The van der Waals surface area contributed by atoms with Gasteiger partial charge in [-0.3, -0.25) is 9.36 Å². The molecule has 3 aromatic rings. The third-order valence-electron chi connectivity index (χ3n) is 3.76. The van der Waals surface area contributed by atoms with E-state index >= 15 is 0 Å². The first-order chi connectivity index (χ1) is 11.1. The first-order valence-corrected chi connectivity index (χ1v) is 8.40. The van der Waals surface area contributed by atoms with Crippen molar-refractivity contribution in [2.75, 3.05) is 0 Å². The summed E-state index contributed by atoms with van der Waals surface area (Å²) in [5.41, 5.74) is 1.68. The molecule has 1 aromatic heterocycles. The molecule has 1 heterocycles. The number of thioether (sulfide) groups is 1. The summed E-state index contributed by atoms with van der Waals surface area (Å²) in [6.45, 7) is 4.53. The standard InChI is InChI=1S/C18H17FN2OS/c1-3-21-17(22)15-6-4-5-7-16(15)20-18(21)23-12(2)13-8-10-14(19)11-9-13/h4-12H,3H2,1-2H3/t12-/m0/s1. The molecule has 0 aliphatic carbocycles. The molecule has 0 saturated carbocycles. The molecule has 2 aromatic carbocycles. The molecule has 23 heavy (non-hydrogen) atoms. The molecule has 0 amide bonds. The van der Waals surface area contributed by atoms with Crippen LogP contribution in [-0.2, 0) is 6.54 Å². The van der Waals surface area contributed by atoms with Crippen LogP contribution in [0, 0.1) is 5.82 Å². The number of hydrogen-bond donors (Lipinski definition) is 0. The fraction of sp³-hybridized carbons (Fsp3) is 0.222.